The van der Waals surface area contributed by atoms with Gasteiger partial charge in [0.05, 0.1) is 19.1 Å². The molecule has 0 heterocycles. The Morgan fingerprint density at radius 1 is 0.750 bits per heavy atom. The van der Waals surface area contributed by atoms with Gasteiger partial charge in [0.15, 0.2) is 5.78 Å². The van der Waals surface area contributed by atoms with Crippen molar-refractivity contribution in [3.8, 4) is 0 Å². The summed E-state index contributed by atoms with van der Waals surface area (Å²) in [5, 5.41) is 11.9. The fourth-order valence-corrected chi connectivity index (χ4v) is 4.79. The summed E-state index contributed by atoms with van der Waals surface area (Å²) in [4.78, 5) is 33.6. The molecule has 0 aromatic heterocycles. The second-order valence-corrected chi connectivity index (χ2v) is 14.3. The van der Waals surface area contributed by atoms with E-state index in [0.29, 0.717) is 76.9 Å². The van der Waals surface area contributed by atoms with Crippen molar-refractivity contribution >= 4 is 17.6 Å². The Morgan fingerprint density at radius 2 is 1.33 bits per heavy atom. The Hall–Kier alpha value is -2.21. The van der Waals surface area contributed by atoms with Crippen molar-refractivity contribution in [1.82, 2.24) is 10.6 Å². The molecule has 0 saturated heterocycles. The van der Waals surface area contributed by atoms with E-state index in [1.165, 1.54) is 19.3 Å². The van der Waals surface area contributed by atoms with E-state index >= 15 is 0 Å². The van der Waals surface area contributed by atoms with Crippen LogP contribution < -0.4 is 73.3 Å². The summed E-state index contributed by atoms with van der Waals surface area (Å²) in [5.74, 6) is 0.0324. The molecule has 60 heavy (non-hydrogen) atoms. The summed E-state index contributed by atoms with van der Waals surface area (Å²) in [6.45, 7) is 11.7. The summed E-state index contributed by atoms with van der Waals surface area (Å²) in [5.41, 5.74) is 60.5. The predicted molar refractivity (Wildman–Crippen MR) is 241 cm³/mol. The number of ketones is 1. The average molecular weight is 912 g/mol. The van der Waals surface area contributed by atoms with Crippen molar-refractivity contribution in [2.24, 2.45) is 28.7 Å². The van der Waals surface area contributed by atoms with E-state index in [1.807, 2.05) is 18.2 Å². The van der Waals surface area contributed by atoms with Gasteiger partial charge in [-0.15, -0.1) is 0 Å². The van der Waals surface area contributed by atoms with Gasteiger partial charge in [0.1, 0.15) is 31.7 Å². The summed E-state index contributed by atoms with van der Waals surface area (Å²) in [6.07, 6.45) is 12.0. The first-order valence-electron chi connectivity index (χ1n) is 21.9. The van der Waals surface area contributed by atoms with Crippen LogP contribution in [0.2, 0.25) is 0 Å². The molecule has 1 aromatic rings. The molecule has 0 bridgehead atoms. The Kier molecular flexibility index (Phi) is 61.1. The van der Waals surface area contributed by atoms with Gasteiger partial charge in [-0.3, -0.25) is 14.4 Å². The van der Waals surface area contributed by atoms with Crippen LogP contribution in [0.4, 0.5) is 0 Å². The van der Waals surface area contributed by atoms with Crippen LogP contribution in [0.5, 0.6) is 0 Å². The van der Waals surface area contributed by atoms with E-state index in [-0.39, 0.29) is 46.7 Å². The molecule has 0 aliphatic rings. The van der Waals surface area contributed by atoms with Gasteiger partial charge in [-0.25, -0.2) is 0 Å². The number of hydrogen-bond acceptors (Lipinski definition) is 8. The molecule has 1 aromatic carbocycles. The number of unbranched alkanes of at least 4 members (excludes halogenated alkanes) is 4. The zero-order valence-electron chi connectivity index (χ0n) is 37.6. The molecular weight excluding hydrogens is 816 g/mol. The molecule has 31 N–H and O–H groups in total. The predicted octanol–water partition coefficient (Wildman–Crippen LogP) is -4.74. The van der Waals surface area contributed by atoms with Crippen LogP contribution >= 0.6 is 0 Å². The Bertz CT molecular complexity index is 1010. The third-order valence-electron chi connectivity index (χ3n) is 8.48. The summed E-state index contributed by atoms with van der Waals surface area (Å²) >= 11 is 0. The monoisotopic (exact) mass is 911 g/mol. The number of nitrogens with two attached hydrogens (primary N) is 6. The topological polar surface area (TPSA) is 422 Å². The van der Waals surface area contributed by atoms with Gasteiger partial charge in [-0.1, -0.05) is 37.5 Å². The fourth-order valence-electron chi connectivity index (χ4n) is 4.79. The number of quaternary nitrogens is 6. The van der Waals surface area contributed by atoms with Crippen molar-refractivity contribution in [3.63, 3.8) is 0 Å². The number of nitrogens with one attached hydrogen (secondary N) is 4. The fraction of sp³-hybridized carbons (Fsp3) is 0.775. The van der Waals surface area contributed by atoms with E-state index in [4.69, 9.17) is 40.1 Å². The van der Waals surface area contributed by atoms with Crippen LogP contribution in [-0.4, -0.2) is 133 Å². The molecule has 0 saturated carbocycles. The number of carbonyl (C=O) groups is 3. The second-order valence-electron chi connectivity index (χ2n) is 14.3. The third-order valence-corrected chi connectivity index (χ3v) is 8.48. The molecule has 4 unspecified atom stereocenters. The molecule has 359 valence electrons. The minimum atomic E-state index is -0.418. The molecule has 1 radical (unpaired) electrons. The van der Waals surface area contributed by atoms with Crippen molar-refractivity contribution in [1.29, 1.82) is 0 Å². The maximum atomic E-state index is 11.7. The Morgan fingerprint density at radius 3 is 1.85 bits per heavy atom. The van der Waals surface area contributed by atoms with Crippen LogP contribution in [0.1, 0.15) is 94.3 Å². The molecular formula is C40H95CuN16O3+5. The van der Waals surface area contributed by atoms with Crippen molar-refractivity contribution in [2.75, 3.05) is 91.6 Å². The molecule has 0 aliphatic heterocycles. The number of hydrogen-bond donors (Lipinski definition) is 13. The minimum absolute atomic E-state index is 0. The maximum absolute atomic E-state index is 11.7. The van der Waals surface area contributed by atoms with Crippen molar-refractivity contribution in [3.05, 3.63) is 52.7 Å². The van der Waals surface area contributed by atoms with Crippen LogP contribution in [0.25, 0.3) is 16.8 Å². The first-order chi connectivity index (χ1) is 28.4. The average Bonchev–Trinajstić information content (AvgIpc) is 3.24. The summed E-state index contributed by atoms with van der Waals surface area (Å²) < 4.78 is 0. The minimum Gasteiger partial charge on any atom is -0.679 e. The Balaban J connectivity index is -0.000000223. The molecule has 0 spiro atoms. The van der Waals surface area contributed by atoms with Gasteiger partial charge < -0.3 is 90.1 Å². The summed E-state index contributed by atoms with van der Waals surface area (Å²) in [7, 11) is 0. The maximum Gasteiger partial charge on any atom is 2.00 e. The number of benzene rings is 1. The molecule has 4 atom stereocenters. The van der Waals surface area contributed by atoms with Crippen LogP contribution in [-0.2, 0) is 26.7 Å². The van der Waals surface area contributed by atoms with E-state index in [1.54, 1.807) is 19.1 Å². The third kappa shape index (κ3) is 53.8. The Labute approximate surface area is 373 Å². The van der Waals surface area contributed by atoms with Gasteiger partial charge >= 0.3 is 17.1 Å². The molecule has 1 rings (SSSR count). The van der Waals surface area contributed by atoms with E-state index < -0.39 is 6.04 Å². The number of carbonyl (C=O) groups excluding carboxylic acids is 3. The molecule has 19 nitrogen and oxygen atoms in total. The first-order valence-corrected chi connectivity index (χ1v) is 21.9. The van der Waals surface area contributed by atoms with Gasteiger partial charge in [-0.2, -0.15) is 25.7 Å². The number of nitrogens with zero attached hydrogens (tertiary/aromatic N) is 1. The van der Waals surface area contributed by atoms with E-state index in [0.717, 1.165) is 84.1 Å². The number of amides is 2. The molecule has 0 aliphatic carbocycles. The molecule has 0 fully saturated rings. The normalized spacial score (nSPS) is 12.1. The van der Waals surface area contributed by atoms with Crippen molar-refractivity contribution < 1.29 is 65.4 Å². The standard InChI is InChI=1S/C15H23N4O.C8H20N4O.C8H22N4.C7H16N2O.C2H8N2.Cu/c16-9-11-18-12-14(17)8-4-5-10-19-15(20)13-6-2-1-3-7-13;9-4-2-1-3-7(11)8(13)12-6-5-10;9-4-2-1-3-8(11)7-12-6-5-10;1-6(10)7(9)4-2-3-5-8;3-1-2-4;/h1-3,6-7,14,16-17H,4-5,8-12H2,(H,19,20);7H,1-6,9-11H2,(H,12,13);8,12H,1-7,9-11H2;7H,2-5,8-9H2,1H3;1-4H2;/q-3;;;;;+2/p+6. The SMILES string of the molecule is CC(=O)C([NH3+])CCCC[NH3+].NCCCCC(N)C(=O)NCCN.NCCN.[Cu+2].[NH-]CC[N-]CC([NH-])CCCCNC(=O)c1ccccc1.[NH3+]CCCCC([NH3+])C[NH2+]CC[NH3+]. The second kappa shape index (κ2) is 54.8. The quantitative estimate of drug-likeness (QED) is 0.0253. The smallest absolute Gasteiger partial charge is 0.679 e. The van der Waals surface area contributed by atoms with Gasteiger partial charge in [0, 0.05) is 58.1 Å². The van der Waals surface area contributed by atoms with E-state index in [2.05, 4.69) is 49.9 Å². The zero-order chi connectivity index (χ0) is 45.4. The van der Waals surface area contributed by atoms with Gasteiger partial charge in [0.25, 0.3) is 5.91 Å². The number of Topliss-reactive ketones (excluding diaryl/α,β-unsaturated/α-hetero) is 1. The summed E-state index contributed by atoms with van der Waals surface area (Å²) in [6, 6.07) is 9.20. The van der Waals surface area contributed by atoms with E-state index in [9.17, 15) is 14.4 Å². The van der Waals surface area contributed by atoms with Crippen LogP contribution in [0.15, 0.2) is 30.3 Å². The molecule has 2 amide bonds. The van der Waals surface area contributed by atoms with Crippen LogP contribution in [0, 0.1) is 0 Å². The van der Waals surface area contributed by atoms with Gasteiger partial charge in [-0.05, 0) is 63.6 Å². The van der Waals surface area contributed by atoms with Crippen molar-refractivity contribution in [2.45, 2.75) is 108 Å². The first kappa shape index (κ1) is 66.9. The van der Waals surface area contributed by atoms with Gasteiger partial charge in [0.2, 0.25) is 5.91 Å². The van der Waals surface area contributed by atoms with Crippen LogP contribution in [0.3, 0.4) is 0 Å². The zero-order valence-corrected chi connectivity index (χ0v) is 38.5. The largest absolute Gasteiger partial charge is 2.00 e. The molecule has 20 heteroatoms. The number of rotatable bonds is 31.